The first-order valence-electron chi connectivity index (χ1n) is 3.93. The van der Waals surface area contributed by atoms with E-state index in [-0.39, 0.29) is 0 Å². The molecule has 0 aromatic carbocycles. The van der Waals surface area contributed by atoms with Crippen LogP contribution in [0.25, 0.3) is 0 Å². The fraction of sp³-hybridized carbons (Fsp3) is 0.111. The van der Waals surface area contributed by atoms with Crippen LogP contribution >= 0.6 is 0 Å². The Morgan fingerprint density at radius 1 is 0.692 bits per heavy atom. The summed E-state index contributed by atoms with van der Waals surface area (Å²) in [4.78, 5) is 15.7. The van der Waals surface area contributed by atoms with E-state index in [1.54, 1.807) is 24.8 Å². The highest BCUT2D eigenvalue weighted by molar-refractivity contribution is 5.16. The third kappa shape index (κ3) is 2.05. The average molecular weight is 172 g/mol. The molecule has 0 aliphatic carbocycles. The van der Waals surface area contributed by atoms with E-state index in [0.29, 0.717) is 0 Å². The summed E-state index contributed by atoms with van der Waals surface area (Å²) < 4.78 is 0. The molecule has 64 valence electrons. The maximum atomic E-state index is 3.93. The van der Waals surface area contributed by atoms with Crippen molar-refractivity contribution in [3.63, 3.8) is 0 Å². The molecule has 0 unspecified atom stereocenters. The topological polar surface area (TPSA) is 51.6 Å². The van der Waals surface area contributed by atoms with Gasteiger partial charge in [0.2, 0.25) is 0 Å². The lowest BCUT2D eigenvalue weighted by atomic mass is 10.1. The summed E-state index contributed by atoms with van der Waals surface area (Å²) in [6, 6.07) is 0. The van der Waals surface area contributed by atoms with Gasteiger partial charge in [-0.3, -0.25) is 0 Å². The van der Waals surface area contributed by atoms with Gasteiger partial charge in [-0.1, -0.05) is 0 Å². The highest BCUT2D eigenvalue weighted by atomic mass is 14.8. The van der Waals surface area contributed by atoms with E-state index in [1.807, 2.05) is 0 Å². The summed E-state index contributed by atoms with van der Waals surface area (Å²) in [5, 5.41) is 0. The summed E-state index contributed by atoms with van der Waals surface area (Å²) >= 11 is 0. The number of rotatable bonds is 2. The number of nitrogens with zero attached hydrogens (tertiary/aromatic N) is 4. The molecule has 0 bridgehead atoms. The van der Waals surface area contributed by atoms with E-state index in [4.69, 9.17) is 0 Å². The largest absolute Gasteiger partial charge is 0.245 e. The Labute approximate surface area is 75.7 Å². The number of hydrogen-bond donors (Lipinski definition) is 0. The predicted octanol–water partition coefficient (Wildman–Crippen LogP) is 0.857. The highest BCUT2D eigenvalue weighted by Crippen LogP contribution is 2.03. The predicted molar refractivity (Wildman–Crippen MR) is 46.9 cm³/mol. The molecule has 0 amide bonds. The summed E-state index contributed by atoms with van der Waals surface area (Å²) in [6.07, 6.45) is 11.0. The molecule has 0 atom stereocenters. The van der Waals surface area contributed by atoms with Gasteiger partial charge in [-0.25, -0.2) is 19.9 Å². The molecule has 0 saturated heterocycles. The maximum absolute atomic E-state index is 3.93. The van der Waals surface area contributed by atoms with Crippen molar-refractivity contribution >= 4 is 0 Å². The third-order valence-corrected chi connectivity index (χ3v) is 1.64. The molecule has 13 heavy (non-hydrogen) atoms. The van der Waals surface area contributed by atoms with Crippen LogP contribution in [0.15, 0.2) is 37.4 Å². The first kappa shape index (κ1) is 7.79. The normalized spacial score (nSPS) is 9.85. The average Bonchev–Trinajstić information content (AvgIpc) is 2.21. The van der Waals surface area contributed by atoms with Crippen molar-refractivity contribution in [2.45, 2.75) is 6.42 Å². The second kappa shape index (κ2) is 3.71. The zero-order valence-corrected chi connectivity index (χ0v) is 6.96. The third-order valence-electron chi connectivity index (χ3n) is 1.64. The van der Waals surface area contributed by atoms with Gasteiger partial charge in [-0.05, 0) is 11.1 Å². The van der Waals surface area contributed by atoms with E-state index < -0.39 is 0 Å². The van der Waals surface area contributed by atoms with Gasteiger partial charge in [0.1, 0.15) is 12.7 Å². The van der Waals surface area contributed by atoms with Crippen molar-refractivity contribution in [3.05, 3.63) is 48.6 Å². The van der Waals surface area contributed by atoms with E-state index in [2.05, 4.69) is 19.9 Å². The Hall–Kier alpha value is -1.84. The van der Waals surface area contributed by atoms with E-state index >= 15 is 0 Å². The zero-order valence-electron chi connectivity index (χ0n) is 6.96. The molecule has 4 heteroatoms. The Bertz CT molecular complexity index is 322. The van der Waals surface area contributed by atoms with Crippen LogP contribution in [0.3, 0.4) is 0 Å². The molecular formula is C9H8N4. The molecule has 0 fully saturated rings. The zero-order chi connectivity index (χ0) is 8.93. The Balaban J connectivity index is 2.16. The van der Waals surface area contributed by atoms with Crippen LogP contribution in [0.1, 0.15) is 11.1 Å². The molecule has 0 N–H and O–H groups in total. The van der Waals surface area contributed by atoms with Gasteiger partial charge in [-0.15, -0.1) is 0 Å². The molecule has 0 radical (unpaired) electrons. The lowest BCUT2D eigenvalue weighted by Crippen LogP contribution is -1.91. The van der Waals surface area contributed by atoms with Crippen LogP contribution in [0, 0.1) is 0 Å². The van der Waals surface area contributed by atoms with Crippen molar-refractivity contribution in [2.24, 2.45) is 0 Å². The Morgan fingerprint density at radius 3 is 1.46 bits per heavy atom. The lowest BCUT2D eigenvalue weighted by molar-refractivity contribution is 1.03. The van der Waals surface area contributed by atoms with Gasteiger partial charge >= 0.3 is 0 Å². The van der Waals surface area contributed by atoms with Crippen molar-refractivity contribution in [3.8, 4) is 0 Å². The van der Waals surface area contributed by atoms with Gasteiger partial charge in [0.15, 0.2) is 0 Å². The van der Waals surface area contributed by atoms with Gasteiger partial charge in [-0.2, -0.15) is 0 Å². The molecule has 2 aromatic rings. The van der Waals surface area contributed by atoms with Crippen LogP contribution in [-0.4, -0.2) is 19.9 Å². The van der Waals surface area contributed by atoms with E-state index in [9.17, 15) is 0 Å². The van der Waals surface area contributed by atoms with Crippen LogP contribution in [0.5, 0.6) is 0 Å². The fourth-order valence-corrected chi connectivity index (χ4v) is 1.08. The van der Waals surface area contributed by atoms with Crippen LogP contribution < -0.4 is 0 Å². The lowest BCUT2D eigenvalue weighted by Gasteiger charge is -1.97. The molecular weight excluding hydrogens is 164 g/mol. The van der Waals surface area contributed by atoms with Gasteiger partial charge < -0.3 is 0 Å². The number of aromatic nitrogens is 4. The van der Waals surface area contributed by atoms with Crippen LogP contribution in [0.2, 0.25) is 0 Å². The first-order chi connectivity index (χ1) is 6.45. The Kier molecular flexibility index (Phi) is 2.22. The summed E-state index contributed by atoms with van der Waals surface area (Å²) in [6.45, 7) is 0. The van der Waals surface area contributed by atoms with Crippen molar-refractivity contribution < 1.29 is 0 Å². The minimum atomic E-state index is 0.779. The SMILES string of the molecule is c1ncc(Cc2cncnc2)cn1. The minimum Gasteiger partial charge on any atom is -0.245 e. The molecule has 2 rings (SSSR count). The van der Waals surface area contributed by atoms with Gasteiger partial charge in [0.05, 0.1) is 0 Å². The quantitative estimate of drug-likeness (QED) is 0.674. The molecule has 0 saturated carbocycles. The second-order valence-electron chi connectivity index (χ2n) is 2.67. The summed E-state index contributed by atoms with van der Waals surface area (Å²) in [7, 11) is 0. The van der Waals surface area contributed by atoms with E-state index in [0.717, 1.165) is 17.5 Å². The van der Waals surface area contributed by atoms with Crippen molar-refractivity contribution in [1.82, 2.24) is 19.9 Å². The Morgan fingerprint density at radius 2 is 1.08 bits per heavy atom. The van der Waals surface area contributed by atoms with Crippen LogP contribution in [-0.2, 0) is 6.42 Å². The molecule has 0 spiro atoms. The summed E-state index contributed by atoms with van der Waals surface area (Å²) in [5.74, 6) is 0. The van der Waals surface area contributed by atoms with Gasteiger partial charge in [0.25, 0.3) is 0 Å². The van der Waals surface area contributed by atoms with E-state index in [1.165, 1.54) is 12.7 Å². The minimum absolute atomic E-state index is 0.779. The second-order valence-corrected chi connectivity index (χ2v) is 2.67. The fourth-order valence-electron chi connectivity index (χ4n) is 1.08. The first-order valence-corrected chi connectivity index (χ1v) is 3.93. The van der Waals surface area contributed by atoms with Crippen molar-refractivity contribution in [1.29, 1.82) is 0 Å². The molecule has 0 aliphatic heterocycles. The highest BCUT2D eigenvalue weighted by Gasteiger charge is 1.95. The monoisotopic (exact) mass is 172 g/mol. The van der Waals surface area contributed by atoms with Crippen molar-refractivity contribution in [2.75, 3.05) is 0 Å². The molecule has 2 heterocycles. The molecule has 2 aromatic heterocycles. The smallest absolute Gasteiger partial charge is 0.115 e. The van der Waals surface area contributed by atoms with Gasteiger partial charge in [0, 0.05) is 31.2 Å². The molecule has 4 nitrogen and oxygen atoms in total. The van der Waals surface area contributed by atoms with Crippen LogP contribution in [0.4, 0.5) is 0 Å². The molecule has 0 aliphatic rings. The number of hydrogen-bond acceptors (Lipinski definition) is 4. The standard InChI is InChI=1S/C9H8N4/c1(8-2-10-6-11-3-8)9-4-12-7-13-5-9/h2-7H,1H2. The maximum Gasteiger partial charge on any atom is 0.115 e. The summed E-state index contributed by atoms with van der Waals surface area (Å²) in [5.41, 5.74) is 2.13.